The summed E-state index contributed by atoms with van der Waals surface area (Å²) in [4.78, 5) is 12.4. The summed E-state index contributed by atoms with van der Waals surface area (Å²) < 4.78 is 2.00. The number of nitrogens with zero attached hydrogens (tertiary/aromatic N) is 5. The van der Waals surface area contributed by atoms with Gasteiger partial charge < -0.3 is 0 Å². The molecule has 0 aliphatic heterocycles. The third-order valence-electron chi connectivity index (χ3n) is 4.55. The van der Waals surface area contributed by atoms with E-state index in [1.54, 1.807) is 0 Å². The van der Waals surface area contributed by atoms with Crippen LogP contribution in [0.1, 0.15) is 23.1 Å². The molecule has 4 aromatic rings. The highest BCUT2D eigenvalue weighted by atomic mass is 32.2. The van der Waals surface area contributed by atoms with E-state index in [4.69, 9.17) is 0 Å². The molecule has 0 bridgehead atoms. The van der Waals surface area contributed by atoms with Crippen molar-refractivity contribution in [2.75, 3.05) is 11.1 Å². The maximum absolute atomic E-state index is 12.4. The molecule has 1 amide bonds. The zero-order valence-electron chi connectivity index (χ0n) is 17.5. The van der Waals surface area contributed by atoms with Crippen molar-refractivity contribution in [2.24, 2.45) is 0 Å². The first-order valence-corrected chi connectivity index (χ1v) is 11.7. The molecule has 0 fully saturated rings. The summed E-state index contributed by atoms with van der Waals surface area (Å²) in [6.45, 7) is 6.11. The monoisotopic (exact) mass is 450 g/mol. The summed E-state index contributed by atoms with van der Waals surface area (Å²) >= 11 is 2.73. The number of hydrogen-bond donors (Lipinski definition) is 1. The number of rotatable bonds is 7. The summed E-state index contributed by atoms with van der Waals surface area (Å²) in [7, 11) is 0. The largest absolute Gasteiger partial charge is 0.300 e. The fourth-order valence-corrected chi connectivity index (χ4v) is 4.43. The number of anilines is 1. The van der Waals surface area contributed by atoms with Gasteiger partial charge in [-0.3, -0.25) is 14.7 Å². The van der Waals surface area contributed by atoms with E-state index in [2.05, 4.69) is 50.8 Å². The number of hydrogen-bond acceptors (Lipinski definition) is 7. The lowest BCUT2D eigenvalue weighted by molar-refractivity contribution is -0.113. The van der Waals surface area contributed by atoms with Crippen molar-refractivity contribution in [3.63, 3.8) is 0 Å². The fourth-order valence-electron chi connectivity index (χ4n) is 2.99. The van der Waals surface area contributed by atoms with Gasteiger partial charge in [0.15, 0.2) is 11.0 Å². The van der Waals surface area contributed by atoms with Crippen molar-refractivity contribution in [1.82, 2.24) is 25.0 Å². The number of nitrogens with one attached hydrogen (secondary N) is 1. The summed E-state index contributed by atoms with van der Waals surface area (Å²) in [5, 5.41) is 21.7. The van der Waals surface area contributed by atoms with Gasteiger partial charge in [0, 0.05) is 11.3 Å². The molecule has 158 valence electrons. The van der Waals surface area contributed by atoms with Crippen LogP contribution < -0.4 is 5.32 Å². The van der Waals surface area contributed by atoms with Gasteiger partial charge in [0.1, 0.15) is 5.01 Å². The molecular formula is C22H22N6OS2. The topological polar surface area (TPSA) is 85.6 Å². The second kappa shape index (κ2) is 9.40. The van der Waals surface area contributed by atoms with Crippen LogP contribution >= 0.6 is 23.1 Å². The summed E-state index contributed by atoms with van der Waals surface area (Å²) in [6, 6.07) is 16.3. The molecule has 7 nitrogen and oxygen atoms in total. The van der Waals surface area contributed by atoms with Crippen LogP contribution in [0.2, 0.25) is 0 Å². The first-order valence-electron chi connectivity index (χ1n) is 9.88. The molecule has 0 radical (unpaired) electrons. The summed E-state index contributed by atoms with van der Waals surface area (Å²) in [5.74, 6) is 0.781. The lowest BCUT2D eigenvalue weighted by atomic mass is 10.1. The molecule has 0 saturated carbocycles. The average molecular weight is 451 g/mol. The van der Waals surface area contributed by atoms with Crippen LogP contribution in [0.4, 0.5) is 5.13 Å². The first kappa shape index (κ1) is 21.2. The number of aromatic nitrogens is 5. The molecule has 1 N–H and O–H groups in total. The van der Waals surface area contributed by atoms with Crippen LogP contribution in [0.25, 0.3) is 17.1 Å². The molecule has 0 atom stereocenters. The minimum Gasteiger partial charge on any atom is -0.300 e. The third-order valence-corrected chi connectivity index (χ3v) is 6.46. The quantitative estimate of drug-likeness (QED) is 0.411. The fraction of sp³-hybridized carbons (Fsp3) is 0.227. The molecule has 0 unspecified atom stereocenters. The molecule has 9 heteroatoms. The highest BCUT2D eigenvalue weighted by molar-refractivity contribution is 7.99. The molecule has 0 aliphatic rings. The van der Waals surface area contributed by atoms with Crippen molar-refractivity contribution in [2.45, 2.75) is 32.3 Å². The Kier molecular flexibility index (Phi) is 6.43. The number of thioether (sulfide) groups is 1. The van der Waals surface area contributed by atoms with Gasteiger partial charge in [-0.1, -0.05) is 72.0 Å². The van der Waals surface area contributed by atoms with Gasteiger partial charge in [0.05, 0.1) is 5.75 Å². The van der Waals surface area contributed by atoms with Crippen molar-refractivity contribution in [3.8, 4) is 17.1 Å². The predicted octanol–water partition coefficient (Wildman–Crippen LogP) is 4.70. The Morgan fingerprint density at radius 2 is 1.84 bits per heavy atom. The number of benzene rings is 2. The van der Waals surface area contributed by atoms with E-state index in [1.165, 1.54) is 28.7 Å². The first-order chi connectivity index (χ1) is 15.0. The Morgan fingerprint density at radius 3 is 2.55 bits per heavy atom. The third kappa shape index (κ3) is 5.00. The Bertz CT molecular complexity index is 1200. The highest BCUT2D eigenvalue weighted by Gasteiger charge is 2.18. The molecule has 0 aliphatic carbocycles. The summed E-state index contributed by atoms with van der Waals surface area (Å²) in [5.41, 5.74) is 4.24. The maximum Gasteiger partial charge on any atom is 0.236 e. The second-order valence-corrected chi connectivity index (χ2v) is 9.04. The van der Waals surface area contributed by atoms with Gasteiger partial charge >= 0.3 is 0 Å². The molecule has 2 aromatic heterocycles. The average Bonchev–Trinajstić information content (AvgIpc) is 3.39. The smallest absolute Gasteiger partial charge is 0.236 e. The second-order valence-electron chi connectivity index (χ2n) is 7.04. The minimum absolute atomic E-state index is 0.153. The Hall–Kier alpha value is -3.04. The van der Waals surface area contributed by atoms with E-state index in [-0.39, 0.29) is 11.7 Å². The number of amides is 1. The van der Waals surface area contributed by atoms with E-state index < -0.39 is 0 Å². The van der Waals surface area contributed by atoms with Crippen molar-refractivity contribution in [1.29, 1.82) is 0 Å². The molecule has 31 heavy (non-hydrogen) atoms. The van der Waals surface area contributed by atoms with Crippen LogP contribution in [-0.2, 0) is 11.2 Å². The standard InChI is InChI=1S/C22H22N6OS2/c1-4-19-24-26-21(31-19)23-18(29)13-30-22-27-25-20(16-10-8-14(2)9-11-16)28(22)17-7-5-6-15(3)12-17/h5-12H,4,13H2,1-3H3,(H,23,26,29). The maximum atomic E-state index is 12.4. The highest BCUT2D eigenvalue weighted by Crippen LogP contribution is 2.29. The van der Waals surface area contributed by atoms with Crippen molar-refractivity contribution < 1.29 is 4.79 Å². The van der Waals surface area contributed by atoms with E-state index in [0.717, 1.165) is 34.1 Å². The zero-order valence-corrected chi connectivity index (χ0v) is 19.1. The van der Waals surface area contributed by atoms with Gasteiger partial charge in [-0.05, 0) is 38.0 Å². The molecule has 2 aromatic carbocycles. The number of carbonyl (C=O) groups excluding carboxylic acids is 1. The van der Waals surface area contributed by atoms with E-state index >= 15 is 0 Å². The normalized spacial score (nSPS) is 10.9. The predicted molar refractivity (Wildman–Crippen MR) is 125 cm³/mol. The lowest BCUT2D eigenvalue weighted by Crippen LogP contribution is -2.14. The SMILES string of the molecule is CCc1nnc(NC(=O)CSc2nnc(-c3ccc(C)cc3)n2-c2cccc(C)c2)s1. The lowest BCUT2D eigenvalue weighted by Gasteiger charge is -2.11. The van der Waals surface area contributed by atoms with Gasteiger partial charge in [0.2, 0.25) is 11.0 Å². The van der Waals surface area contributed by atoms with Crippen LogP contribution in [0.3, 0.4) is 0 Å². The Morgan fingerprint density at radius 1 is 1.03 bits per heavy atom. The van der Waals surface area contributed by atoms with Crippen LogP contribution in [0, 0.1) is 13.8 Å². The van der Waals surface area contributed by atoms with Crippen LogP contribution in [-0.4, -0.2) is 36.6 Å². The van der Waals surface area contributed by atoms with Crippen molar-refractivity contribution >= 4 is 34.1 Å². The number of carbonyl (C=O) groups is 1. The number of aryl methyl sites for hydroxylation is 3. The van der Waals surface area contributed by atoms with Crippen LogP contribution in [0.5, 0.6) is 0 Å². The van der Waals surface area contributed by atoms with Gasteiger partial charge in [-0.2, -0.15) is 0 Å². The van der Waals surface area contributed by atoms with E-state index in [9.17, 15) is 4.79 Å². The van der Waals surface area contributed by atoms with Crippen LogP contribution in [0.15, 0.2) is 53.7 Å². The molecule has 0 saturated heterocycles. The van der Waals surface area contributed by atoms with Gasteiger partial charge in [-0.15, -0.1) is 20.4 Å². The molecular weight excluding hydrogens is 428 g/mol. The van der Waals surface area contributed by atoms with Crippen molar-refractivity contribution in [3.05, 3.63) is 64.7 Å². The molecule has 2 heterocycles. The minimum atomic E-state index is -0.153. The molecule has 4 rings (SSSR count). The Balaban J connectivity index is 1.59. The van der Waals surface area contributed by atoms with Gasteiger partial charge in [0.25, 0.3) is 0 Å². The van der Waals surface area contributed by atoms with E-state index in [0.29, 0.717) is 10.3 Å². The van der Waals surface area contributed by atoms with E-state index in [1.807, 2.05) is 48.7 Å². The zero-order chi connectivity index (χ0) is 21.8. The Labute approximate surface area is 189 Å². The molecule has 0 spiro atoms. The summed E-state index contributed by atoms with van der Waals surface area (Å²) in [6.07, 6.45) is 0.795. The van der Waals surface area contributed by atoms with Gasteiger partial charge in [-0.25, -0.2) is 0 Å².